The van der Waals surface area contributed by atoms with E-state index in [9.17, 15) is 19.5 Å². The summed E-state index contributed by atoms with van der Waals surface area (Å²) in [5.74, 6) is -0.941. The zero-order valence-corrected chi connectivity index (χ0v) is 14.9. The molecule has 7 heteroatoms. The van der Waals surface area contributed by atoms with E-state index in [2.05, 4.69) is 24.3 Å². The number of fused-ring (bicyclic) bond motifs is 1. The minimum Gasteiger partial charge on any atom is -0.543 e. The highest BCUT2D eigenvalue weighted by atomic mass is 16.4. The minimum absolute atomic E-state index is 0.0584. The lowest BCUT2D eigenvalue weighted by molar-refractivity contribution is -0.255. The van der Waals surface area contributed by atoms with Gasteiger partial charge >= 0.3 is 0 Å². The van der Waals surface area contributed by atoms with Crippen LogP contribution in [0.3, 0.4) is 0 Å². The van der Waals surface area contributed by atoms with Crippen LogP contribution >= 0.6 is 0 Å². The predicted molar refractivity (Wildman–Crippen MR) is 94.4 cm³/mol. The summed E-state index contributed by atoms with van der Waals surface area (Å²) < 4.78 is 0.903. The maximum Gasteiger partial charge on any atom is 0.275 e. The first-order valence-corrected chi connectivity index (χ1v) is 8.89. The van der Waals surface area contributed by atoms with Crippen molar-refractivity contribution in [2.75, 3.05) is 0 Å². The third-order valence-corrected chi connectivity index (χ3v) is 5.41. The molecule has 1 aromatic carbocycles. The van der Waals surface area contributed by atoms with Gasteiger partial charge in [-0.1, -0.05) is 44.9 Å². The normalized spacial score (nSPS) is 22.9. The SMILES string of the molecule is C[C@H]1[C@@H](NC(=O)Cn2nc(C(=O)[O-])c3ccccc3c2=O)CCC[C@@H]1C. The standard InChI is InChI=1S/C19H23N3O4/c1-11-6-5-9-15(12(11)2)20-16(23)10-22-18(24)14-8-4-3-7-13(14)17(21-22)19(25)26/h3-4,7-8,11-12,15H,5-6,9-10H2,1-2H3,(H,20,23)(H,25,26)/p-1/t11-,12+,15-/m0/s1. The molecule has 1 aliphatic rings. The number of amides is 1. The average Bonchev–Trinajstić information content (AvgIpc) is 2.61. The maximum atomic E-state index is 12.6. The van der Waals surface area contributed by atoms with Gasteiger partial charge in [0.15, 0.2) is 0 Å². The van der Waals surface area contributed by atoms with Crippen LogP contribution in [0, 0.1) is 11.8 Å². The van der Waals surface area contributed by atoms with E-state index < -0.39 is 11.5 Å². The summed E-state index contributed by atoms with van der Waals surface area (Å²) >= 11 is 0. The van der Waals surface area contributed by atoms with Crippen LogP contribution in [0.2, 0.25) is 0 Å². The van der Waals surface area contributed by atoms with Crippen molar-refractivity contribution in [3.63, 3.8) is 0 Å². The molecule has 0 unspecified atom stereocenters. The molecule has 0 radical (unpaired) electrons. The highest BCUT2D eigenvalue weighted by Gasteiger charge is 2.28. The number of benzene rings is 1. The minimum atomic E-state index is -1.48. The summed E-state index contributed by atoms with van der Waals surface area (Å²) in [5.41, 5.74) is -0.835. The number of nitrogens with zero attached hydrogens (tertiary/aromatic N) is 2. The number of carbonyl (C=O) groups excluding carboxylic acids is 2. The number of hydrogen-bond donors (Lipinski definition) is 1. The van der Waals surface area contributed by atoms with Crippen LogP contribution < -0.4 is 16.0 Å². The molecule has 1 amide bonds. The Kier molecular flexibility index (Phi) is 5.06. The van der Waals surface area contributed by atoms with Crippen molar-refractivity contribution in [3.8, 4) is 0 Å². The molecular weight excluding hydrogens is 334 g/mol. The average molecular weight is 356 g/mol. The van der Waals surface area contributed by atoms with Crippen molar-refractivity contribution in [3.05, 3.63) is 40.3 Å². The number of nitrogens with one attached hydrogen (secondary N) is 1. The fourth-order valence-electron chi connectivity index (χ4n) is 3.67. The summed E-state index contributed by atoms with van der Waals surface area (Å²) in [5, 5.41) is 18.6. The topological polar surface area (TPSA) is 104 Å². The first-order chi connectivity index (χ1) is 12.4. The number of aromatic nitrogens is 2. The molecule has 1 fully saturated rings. The number of aromatic carboxylic acids is 1. The second-order valence-corrected chi connectivity index (χ2v) is 7.09. The van der Waals surface area contributed by atoms with Gasteiger partial charge < -0.3 is 15.2 Å². The van der Waals surface area contributed by atoms with Gasteiger partial charge in [-0.25, -0.2) is 4.68 Å². The van der Waals surface area contributed by atoms with E-state index in [4.69, 9.17) is 0 Å². The van der Waals surface area contributed by atoms with Gasteiger partial charge in [0.05, 0.1) is 11.4 Å². The van der Waals surface area contributed by atoms with E-state index in [1.165, 1.54) is 12.1 Å². The zero-order chi connectivity index (χ0) is 18.8. The third kappa shape index (κ3) is 3.47. The highest BCUT2D eigenvalue weighted by Crippen LogP contribution is 2.29. The van der Waals surface area contributed by atoms with E-state index >= 15 is 0 Å². The highest BCUT2D eigenvalue weighted by molar-refractivity contribution is 6.00. The summed E-state index contributed by atoms with van der Waals surface area (Å²) in [6, 6.07) is 6.34. The molecule has 3 rings (SSSR count). The van der Waals surface area contributed by atoms with Crippen LogP contribution in [0.25, 0.3) is 10.8 Å². The number of carbonyl (C=O) groups is 2. The molecule has 0 aliphatic heterocycles. The smallest absolute Gasteiger partial charge is 0.275 e. The van der Waals surface area contributed by atoms with Crippen molar-refractivity contribution in [1.82, 2.24) is 15.1 Å². The molecule has 0 saturated heterocycles. The van der Waals surface area contributed by atoms with Gasteiger partial charge in [-0.15, -0.1) is 0 Å². The van der Waals surface area contributed by atoms with Crippen LogP contribution in [0.1, 0.15) is 43.6 Å². The molecule has 3 atom stereocenters. The fourth-order valence-corrected chi connectivity index (χ4v) is 3.67. The van der Waals surface area contributed by atoms with E-state index in [0.717, 1.165) is 23.9 Å². The van der Waals surface area contributed by atoms with Crippen LogP contribution in [-0.4, -0.2) is 27.7 Å². The van der Waals surface area contributed by atoms with E-state index in [0.29, 0.717) is 11.8 Å². The Balaban J connectivity index is 1.86. The summed E-state index contributed by atoms with van der Waals surface area (Å²) in [7, 11) is 0. The molecule has 1 N–H and O–H groups in total. The number of carboxylic acids is 1. The van der Waals surface area contributed by atoms with Gasteiger partial charge in [-0.05, 0) is 24.3 Å². The van der Waals surface area contributed by atoms with Gasteiger partial charge in [0.1, 0.15) is 12.2 Å². The van der Waals surface area contributed by atoms with Crippen LogP contribution in [0.15, 0.2) is 29.1 Å². The lowest BCUT2D eigenvalue weighted by Gasteiger charge is -2.34. The van der Waals surface area contributed by atoms with Gasteiger partial charge in [-0.3, -0.25) is 9.59 Å². The molecule has 138 valence electrons. The molecular formula is C19H22N3O4-. The second kappa shape index (κ2) is 7.27. The molecule has 2 aromatic rings. The Morgan fingerprint density at radius 2 is 1.92 bits per heavy atom. The lowest BCUT2D eigenvalue weighted by atomic mass is 9.78. The number of rotatable bonds is 4. The van der Waals surface area contributed by atoms with Gasteiger partial charge in [-0.2, -0.15) is 5.10 Å². The van der Waals surface area contributed by atoms with Gasteiger partial charge in [0, 0.05) is 11.4 Å². The van der Waals surface area contributed by atoms with Crippen molar-refractivity contribution >= 4 is 22.6 Å². The Hall–Kier alpha value is -2.70. The maximum absolute atomic E-state index is 12.6. The van der Waals surface area contributed by atoms with Gasteiger partial charge in [0.25, 0.3) is 5.56 Å². The fraction of sp³-hybridized carbons (Fsp3) is 0.474. The zero-order valence-electron chi connectivity index (χ0n) is 14.9. The number of carboxylic acid groups (broad SMARTS) is 1. The van der Waals surface area contributed by atoms with Crippen molar-refractivity contribution in [2.24, 2.45) is 11.8 Å². The van der Waals surface area contributed by atoms with E-state index in [-0.39, 0.29) is 35.0 Å². The van der Waals surface area contributed by atoms with Gasteiger partial charge in [0.2, 0.25) is 5.91 Å². The third-order valence-electron chi connectivity index (χ3n) is 5.41. The summed E-state index contributed by atoms with van der Waals surface area (Å²) in [6.45, 7) is 3.97. The number of hydrogen-bond acceptors (Lipinski definition) is 5. The lowest BCUT2D eigenvalue weighted by Crippen LogP contribution is -2.46. The molecule has 26 heavy (non-hydrogen) atoms. The molecule has 1 saturated carbocycles. The Morgan fingerprint density at radius 1 is 1.23 bits per heavy atom. The van der Waals surface area contributed by atoms with Crippen LogP contribution in [-0.2, 0) is 11.3 Å². The van der Waals surface area contributed by atoms with Crippen molar-refractivity contribution in [2.45, 2.75) is 45.7 Å². The quantitative estimate of drug-likeness (QED) is 0.868. The summed E-state index contributed by atoms with van der Waals surface area (Å²) in [4.78, 5) is 36.4. The molecule has 0 bridgehead atoms. The molecule has 1 aliphatic carbocycles. The van der Waals surface area contributed by atoms with Crippen LogP contribution in [0.5, 0.6) is 0 Å². The molecule has 1 heterocycles. The Morgan fingerprint density at radius 3 is 2.62 bits per heavy atom. The van der Waals surface area contributed by atoms with Crippen molar-refractivity contribution < 1.29 is 14.7 Å². The van der Waals surface area contributed by atoms with Crippen molar-refractivity contribution in [1.29, 1.82) is 0 Å². The predicted octanol–water partition coefficient (Wildman–Crippen LogP) is 0.701. The van der Waals surface area contributed by atoms with E-state index in [1.54, 1.807) is 12.1 Å². The van der Waals surface area contributed by atoms with E-state index in [1.807, 2.05) is 0 Å². The largest absolute Gasteiger partial charge is 0.543 e. The first kappa shape index (κ1) is 18.1. The molecule has 7 nitrogen and oxygen atoms in total. The Labute approximate surface area is 151 Å². The first-order valence-electron chi connectivity index (χ1n) is 8.89. The molecule has 1 aromatic heterocycles. The second-order valence-electron chi connectivity index (χ2n) is 7.09. The van der Waals surface area contributed by atoms with Crippen LogP contribution in [0.4, 0.5) is 0 Å². The Bertz CT molecular complexity index is 905. The summed E-state index contributed by atoms with van der Waals surface area (Å²) in [6.07, 6.45) is 3.11. The monoisotopic (exact) mass is 356 g/mol. The molecule has 0 spiro atoms.